The fraction of sp³-hybridized carbons (Fsp3) is 0.222. The van der Waals surface area contributed by atoms with Gasteiger partial charge in [-0.15, -0.1) is 0 Å². The molecular formula is C18H17FN2O4S. The number of imidazole rings is 1. The number of fused-ring (bicyclic) bond motifs is 1. The summed E-state index contributed by atoms with van der Waals surface area (Å²) in [4.78, 5) is 15.5. The Hall–Kier alpha value is -2.74. The van der Waals surface area contributed by atoms with Crippen molar-refractivity contribution in [2.75, 3.05) is 0 Å². The van der Waals surface area contributed by atoms with Crippen molar-refractivity contribution in [2.45, 2.75) is 30.5 Å². The van der Waals surface area contributed by atoms with E-state index in [0.29, 0.717) is 28.8 Å². The summed E-state index contributed by atoms with van der Waals surface area (Å²) < 4.78 is 39.6. The van der Waals surface area contributed by atoms with Crippen LogP contribution in [0.1, 0.15) is 18.3 Å². The van der Waals surface area contributed by atoms with Gasteiger partial charge in [-0.2, -0.15) is 0 Å². The Labute approximate surface area is 149 Å². The van der Waals surface area contributed by atoms with Crippen LogP contribution in [0.5, 0.6) is 0 Å². The fourth-order valence-electron chi connectivity index (χ4n) is 2.84. The van der Waals surface area contributed by atoms with Crippen LogP contribution in [0.3, 0.4) is 0 Å². The molecule has 1 aromatic heterocycles. The van der Waals surface area contributed by atoms with Crippen LogP contribution in [-0.4, -0.2) is 29.0 Å². The normalized spacial score (nSPS) is 11.8. The molecule has 0 saturated heterocycles. The minimum absolute atomic E-state index is 0.0460. The Balaban J connectivity index is 1.96. The number of aromatic nitrogens is 2. The lowest BCUT2D eigenvalue weighted by molar-refractivity contribution is -0.137. The zero-order chi connectivity index (χ0) is 18.9. The topological polar surface area (TPSA) is 89.3 Å². The van der Waals surface area contributed by atoms with E-state index in [9.17, 15) is 17.6 Å². The smallest absolute Gasteiger partial charge is 0.323 e. The molecule has 1 heterocycles. The Morgan fingerprint density at radius 2 is 1.88 bits per heavy atom. The average molecular weight is 376 g/mol. The lowest BCUT2D eigenvalue weighted by atomic mass is 10.2. The second-order valence-electron chi connectivity index (χ2n) is 5.90. The third kappa shape index (κ3) is 3.60. The molecule has 1 N–H and O–H groups in total. The zero-order valence-corrected chi connectivity index (χ0v) is 14.8. The van der Waals surface area contributed by atoms with Gasteiger partial charge in [0.2, 0.25) is 0 Å². The molecule has 0 aliphatic rings. The first kappa shape index (κ1) is 18.1. The number of nitrogens with zero attached hydrogens (tertiary/aromatic N) is 2. The molecule has 2 aromatic carbocycles. The van der Waals surface area contributed by atoms with E-state index in [1.54, 1.807) is 22.8 Å². The summed E-state index contributed by atoms with van der Waals surface area (Å²) >= 11 is 0. The maximum absolute atomic E-state index is 13.0. The number of benzene rings is 2. The Kier molecular flexibility index (Phi) is 4.78. The number of carboxylic acids is 1. The maximum Gasteiger partial charge on any atom is 0.323 e. The first-order valence-electron chi connectivity index (χ1n) is 7.98. The SMILES string of the molecule is CCc1nc2cc(CS(=O)(=O)c3ccc(F)cc3)ccc2n1CC(=O)O. The second-order valence-corrected chi connectivity index (χ2v) is 7.89. The van der Waals surface area contributed by atoms with Crippen molar-refractivity contribution in [1.82, 2.24) is 9.55 Å². The molecule has 0 amide bonds. The monoisotopic (exact) mass is 376 g/mol. The highest BCUT2D eigenvalue weighted by Crippen LogP contribution is 2.22. The average Bonchev–Trinajstić information content (AvgIpc) is 2.91. The van der Waals surface area contributed by atoms with Crippen molar-refractivity contribution in [3.63, 3.8) is 0 Å². The van der Waals surface area contributed by atoms with E-state index in [-0.39, 0.29) is 17.2 Å². The van der Waals surface area contributed by atoms with Gasteiger partial charge in [0.1, 0.15) is 18.2 Å². The lowest BCUT2D eigenvalue weighted by Gasteiger charge is -2.06. The van der Waals surface area contributed by atoms with Crippen LogP contribution in [0.15, 0.2) is 47.4 Å². The molecule has 136 valence electrons. The standard InChI is InChI=1S/C18H17FN2O4S/c1-2-17-20-15-9-12(3-8-16(15)21(17)10-18(22)23)11-26(24,25)14-6-4-13(19)5-7-14/h3-9H,2,10-11H2,1H3,(H,22,23). The highest BCUT2D eigenvalue weighted by molar-refractivity contribution is 7.90. The quantitative estimate of drug-likeness (QED) is 0.668. The molecule has 3 rings (SSSR count). The number of hydrogen-bond donors (Lipinski definition) is 1. The first-order valence-corrected chi connectivity index (χ1v) is 9.63. The van der Waals surface area contributed by atoms with Crippen molar-refractivity contribution in [3.05, 3.63) is 59.7 Å². The van der Waals surface area contributed by atoms with Gasteiger partial charge in [-0.25, -0.2) is 17.8 Å². The fourth-order valence-corrected chi connectivity index (χ4v) is 4.18. The van der Waals surface area contributed by atoms with Crippen LogP contribution in [-0.2, 0) is 33.4 Å². The van der Waals surface area contributed by atoms with Gasteiger partial charge in [-0.1, -0.05) is 13.0 Å². The third-order valence-electron chi connectivity index (χ3n) is 4.03. The third-order valence-corrected chi connectivity index (χ3v) is 5.73. The number of aryl methyl sites for hydroxylation is 1. The second kappa shape index (κ2) is 6.87. The van der Waals surface area contributed by atoms with Gasteiger partial charge in [-0.3, -0.25) is 4.79 Å². The van der Waals surface area contributed by atoms with Gasteiger partial charge in [0.15, 0.2) is 9.84 Å². The molecule has 0 saturated carbocycles. The highest BCUT2D eigenvalue weighted by atomic mass is 32.2. The molecule has 0 aliphatic carbocycles. The van der Waals surface area contributed by atoms with E-state index in [2.05, 4.69) is 4.98 Å². The van der Waals surface area contributed by atoms with Crippen LogP contribution in [0.2, 0.25) is 0 Å². The lowest BCUT2D eigenvalue weighted by Crippen LogP contribution is -2.11. The summed E-state index contributed by atoms with van der Waals surface area (Å²) in [6.07, 6.45) is 0.561. The van der Waals surface area contributed by atoms with Crippen LogP contribution in [0.25, 0.3) is 11.0 Å². The molecule has 26 heavy (non-hydrogen) atoms. The number of rotatable bonds is 6. The van der Waals surface area contributed by atoms with Crippen molar-refractivity contribution in [1.29, 1.82) is 0 Å². The van der Waals surface area contributed by atoms with E-state index in [4.69, 9.17) is 5.11 Å². The van der Waals surface area contributed by atoms with Crippen LogP contribution >= 0.6 is 0 Å². The number of hydrogen-bond acceptors (Lipinski definition) is 4. The Morgan fingerprint density at radius 1 is 1.19 bits per heavy atom. The largest absolute Gasteiger partial charge is 0.480 e. The summed E-state index contributed by atoms with van der Waals surface area (Å²) in [5.74, 6) is -1.09. The molecule has 0 fully saturated rings. The molecule has 8 heteroatoms. The number of sulfone groups is 1. The predicted molar refractivity (Wildman–Crippen MR) is 94.0 cm³/mol. The van der Waals surface area contributed by atoms with Crippen LogP contribution in [0, 0.1) is 5.82 Å². The Morgan fingerprint density at radius 3 is 2.50 bits per heavy atom. The van der Waals surface area contributed by atoms with E-state index >= 15 is 0 Å². The van der Waals surface area contributed by atoms with E-state index in [1.165, 1.54) is 12.1 Å². The van der Waals surface area contributed by atoms with E-state index in [0.717, 1.165) is 12.1 Å². The summed E-state index contributed by atoms with van der Waals surface area (Å²) in [6.45, 7) is 1.67. The van der Waals surface area contributed by atoms with Gasteiger partial charge in [0.25, 0.3) is 0 Å². The zero-order valence-electron chi connectivity index (χ0n) is 14.0. The summed E-state index contributed by atoms with van der Waals surface area (Å²) in [6, 6.07) is 9.66. The molecule has 0 bridgehead atoms. The van der Waals surface area contributed by atoms with Crippen LogP contribution in [0.4, 0.5) is 4.39 Å². The van der Waals surface area contributed by atoms with E-state index < -0.39 is 21.6 Å². The minimum atomic E-state index is -3.62. The van der Waals surface area contributed by atoms with E-state index in [1.807, 2.05) is 6.92 Å². The molecule has 3 aromatic rings. The maximum atomic E-state index is 13.0. The minimum Gasteiger partial charge on any atom is -0.480 e. The molecule has 6 nitrogen and oxygen atoms in total. The van der Waals surface area contributed by atoms with Gasteiger partial charge < -0.3 is 9.67 Å². The van der Waals surface area contributed by atoms with Crippen molar-refractivity contribution >= 4 is 26.8 Å². The summed E-state index contributed by atoms with van der Waals surface area (Å²) in [5, 5.41) is 9.06. The highest BCUT2D eigenvalue weighted by Gasteiger charge is 2.17. The van der Waals surface area contributed by atoms with Gasteiger partial charge in [0.05, 0.1) is 21.7 Å². The van der Waals surface area contributed by atoms with Gasteiger partial charge >= 0.3 is 5.97 Å². The van der Waals surface area contributed by atoms with Crippen molar-refractivity contribution in [2.24, 2.45) is 0 Å². The molecule has 0 atom stereocenters. The summed E-state index contributed by atoms with van der Waals surface area (Å²) in [7, 11) is -3.62. The number of carbonyl (C=O) groups is 1. The first-order chi connectivity index (χ1) is 12.3. The molecular weight excluding hydrogens is 359 g/mol. The number of carboxylic acid groups (broad SMARTS) is 1. The predicted octanol–water partition coefficient (Wildman–Crippen LogP) is 2.80. The number of aliphatic carboxylic acids is 1. The molecule has 0 unspecified atom stereocenters. The Bertz CT molecular complexity index is 1070. The molecule has 0 spiro atoms. The van der Waals surface area contributed by atoms with Crippen molar-refractivity contribution in [3.8, 4) is 0 Å². The van der Waals surface area contributed by atoms with Crippen molar-refractivity contribution < 1.29 is 22.7 Å². The van der Waals surface area contributed by atoms with Gasteiger partial charge in [-0.05, 0) is 42.0 Å². The molecule has 0 radical (unpaired) electrons. The molecule has 0 aliphatic heterocycles. The number of halogens is 1. The van der Waals surface area contributed by atoms with Crippen LogP contribution < -0.4 is 0 Å². The van der Waals surface area contributed by atoms with Gasteiger partial charge in [0, 0.05) is 6.42 Å². The summed E-state index contributed by atoms with van der Waals surface area (Å²) in [5.41, 5.74) is 1.73.